The van der Waals surface area contributed by atoms with Gasteiger partial charge in [-0.25, -0.2) is 4.79 Å². The molecule has 0 aromatic carbocycles. The number of aliphatic carboxylic acids is 1. The summed E-state index contributed by atoms with van der Waals surface area (Å²) in [4.78, 5) is 47.1. The Labute approximate surface area is 130 Å². The van der Waals surface area contributed by atoms with Crippen LogP contribution in [0.3, 0.4) is 0 Å². The fourth-order valence-corrected chi connectivity index (χ4v) is 2.14. The summed E-state index contributed by atoms with van der Waals surface area (Å²) in [5.41, 5.74) is 0. The fourth-order valence-electron chi connectivity index (χ4n) is 1.80. The molecule has 7 nitrogen and oxygen atoms in total. The summed E-state index contributed by atoms with van der Waals surface area (Å²) >= 11 is 11.1. The SMILES string of the molecule is CCC[C@@H](NC(=O)[C@@H](C)N1C(=O)C(Cl)=C(Cl)C1=O)C(=O)O. The van der Waals surface area contributed by atoms with Crippen molar-refractivity contribution in [3.05, 3.63) is 10.1 Å². The van der Waals surface area contributed by atoms with Crippen molar-refractivity contribution in [2.75, 3.05) is 0 Å². The molecule has 0 aliphatic carbocycles. The van der Waals surface area contributed by atoms with E-state index >= 15 is 0 Å². The Kier molecular flexibility index (Phi) is 5.74. The Morgan fingerprint density at radius 2 is 1.71 bits per heavy atom. The van der Waals surface area contributed by atoms with Crippen LogP contribution in [0.15, 0.2) is 10.1 Å². The van der Waals surface area contributed by atoms with E-state index in [-0.39, 0.29) is 6.42 Å². The van der Waals surface area contributed by atoms with Crippen molar-refractivity contribution in [2.45, 2.75) is 38.8 Å². The van der Waals surface area contributed by atoms with E-state index in [2.05, 4.69) is 5.32 Å². The molecule has 116 valence electrons. The maximum Gasteiger partial charge on any atom is 0.326 e. The van der Waals surface area contributed by atoms with Gasteiger partial charge in [-0.3, -0.25) is 19.3 Å². The molecule has 0 unspecified atom stereocenters. The van der Waals surface area contributed by atoms with Crippen molar-refractivity contribution >= 4 is 46.9 Å². The molecular weight excluding hydrogens is 323 g/mol. The highest BCUT2D eigenvalue weighted by Crippen LogP contribution is 2.28. The average molecular weight is 337 g/mol. The molecule has 0 fully saturated rings. The van der Waals surface area contributed by atoms with Crippen LogP contribution in [0.1, 0.15) is 26.7 Å². The molecule has 0 saturated carbocycles. The van der Waals surface area contributed by atoms with Gasteiger partial charge in [0.25, 0.3) is 11.8 Å². The third-order valence-electron chi connectivity index (χ3n) is 2.96. The first-order chi connectivity index (χ1) is 9.72. The predicted octanol–water partition coefficient (Wildman–Crippen LogP) is 0.802. The molecule has 0 aromatic heterocycles. The predicted molar refractivity (Wildman–Crippen MR) is 74.5 cm³/mol. The Balaban J connectivity index is 2.83. The van der Waals surface area contributed by atoms with Crippen LogP contribution in [0.4, 0.5) is 0 Å². The van der Waals surface area contributed by atoms with E-state index in [0.29, 0.717) is 11.3 Å². The molecule has 0 aromatic rings. The Bertz CT molecular complexity index is 508. The zero-order valence-corrected chi connectivity index (χ0v) is 12.9. The van der Waals surface area contributed by atoms with E-state index in [1.165, 1.54) is 6.92 Å². The molecule has 0 bridgehead atoms. The number of carboxylic acids is 1. The standard InChI is InChI=1S/C12H14Cl2N2O5/c1-3-4-6(12(20)21)15-9(17)5(2)16-10(18)7(13)8(14)11(16)19/h5-6H,3-4H2,1-2H3,(H,15,17)(H,20,21)/t5-,6-/m1/s1. The van der Waals surface area contributed by atoms with Gasteiger partial charge in [0.05, 0.1) is 0 Å². The topological polar surface area (TPSA) is 104 Å². The van der Waals surface area contributed by atoms with Gasteiger partial charge in [0.15, 0.2) is 0 Å². The molecule has 1 rings (SSSR count). The lowest BCUT2D eigenvalue weighted by Crippen LogP contribution is -2.52. The number of imide groups is 1. The van der Waals surface area contributed by atoms with E-state index in [4.69, 9.17) is 28.3 Å². The van der Waals surface area contributed by atoms with Crippen LogP contribution in [0.5, 0.6) is 0 Å². The third kappa shape index (κ3) is 3.54. The van der Waals surface area contributed by atoms with Crippen LogP contribution in [-0.4, -0.2) is 45.8 Å². The van der Waals surface area contributed by atoms with Crippen LogP contribution < -0.4 is 5.32 Å². The molecule has 0 radical (unpaired) electrons. The zero-order chi connectivity index (χ0) is 16.3. The fraction of sp³-hybridized carbons (Fsp3) is 0.500. The van der Waals surface area contributed by atoms with Crippen LogP contribution >= 0.6 is 23.2 Å². The van der Waals surface area contributed by atoms with Gasteiger partial charge in [-0.05, 0) is 13.3 Å². The molecule has 21 heavy (non-hydrogen) atoms. The minimum Gasteiger partial charge on any atom is -0.480 e. The number of carbonyl (C=O) groups is 4. The summed E-state index contributed by atoms with van der Waals surface area (Å²) in [6.45, 7) is 3.05. The number of rotatable bonds is 6. The molecule has 3 amide bonds. The lowest BCUT2D eigenvalue weighted by molar-refractivity contribution is -0.146. The summed E-state index contributed by atoms with van der Waals surface area (Å²) in [6, 6.07) is -2.30. The van der Waals surface area contributed by atoms with Crippen molar-refractivity contribution in [1.82, 2.24) is 10.2 Å². The number of carbonyl (C=O) groups excluding carboxylic acids is 3. The zero-order valence-electron chi connectivity index (χ0n) is 11.4. The highest BCUT2D eigenvalue weighted by atomic mass is 35.5. The average Bonchev–Trinajstić information content (AvgIpc) is 2.61. The van der Waals surface area contributed by atoms with Gasteiger partial charge in [-0.15, -0.1) is 0 Å². The van der Waals surface area contributed by atoms with E-state index in [9.17, 15) is 19.2 Å². The van der Waals surface area contributed by atoms with Gasteiger partial charge in [0.1, 0.15) is 22.1 Å². The monoisotopic (exact) mass is 336 g/mol. The summed E-state index contributed by atoms with van der Waals surface area (Å²) in [5, 5.41) is 10.3. The summed E-state index contributed by atoms with van der Waals surface area (Å²) in [6.07, 6.45) is 0.780. The number of carboxylic acid groups (broad SMARTS) is 1. The van der Waals surface area contributed by atoms with Crippen molar-refractivity contribution in [2.24, 2.45) is 0 Å². The Morgan fingerprint density at radius 3 is 2.10 bits per heavy atom. The highest BCUT2D eigenvalue weighted by Gasteiger charge is 2.42. The van der Waals surface area contributed by atoms with E-state index in [1.807, 2.05) is 0 Å². The van der Waals surface area contributed by atoms with Crippen LogP contribution in [0.2, 0.25) is 0 Å². The number of hydrogen-bond acceptors (Lipinski definition) is 4. The van der Waals surface area contributed by atoms with Gasteiger partial charge < -0.3 is 10.4 Å². The Hall–Kier alpha value is -1.60. The Morgan fingerprint density at radius 1 is 1.24 bits per heavy atom. The maximum absolute atomic E-state index is 12.0. The molecule has 1 aliphatic rings. The molecule has 1 heterocycles. The largest absolute Gasteiger partial charge is 0.480 e. The minimum absolute atomic E-state index is 0.232. The maximum atomic E-state index is 12.0. The lowest BCUT2D eigenvalue weighted by atomic mass is 10.1. The second-order valence-electron chi connectivity index (χ2n) is 4.47. The summed E-state index contributed by atoms with van der Waals surface area (Å²) < 4.78 is 0. The van der Waals surface area contributed by atoms with Crippen LogP contribution in [0, 0.1) is 0 Å². The summed E-state index contributed by atoms with van der Waals surface area (Å²) in [7, 11) is 0. The first-order valence-electron chi connectivity index (χ1n) is 6.18. The van der Waals surface area contributed by atoms with Gasteiger partial charge in [0, 0.05) is 0 Å². The van der Waals surface area contributed by atoms with Gasteiger partial charge in [-0.1, -0.05) is 36.5 Å². The third-order valence-corrected chi connectivity index (χ3v) is 3.76. The van der Waals surface area contributed by atoms with Gasteiger partial charge in [-0.2, -0.15) is 0 Å². The second-order valence-corrected chi connectivity index (χ2v) is 5.23. The van der Waals surface area contributed by atoms with E-state index in [0.717, 1.165) is 0 Å². The molecule has 9 heteroatoms. The summed E-state index contributed by atoms with van der Waals surface area (Å²) in [5.74, 6) is -3.72. The molecular formula is C12H14Cl2N2O5. The molecule has 2 atom stereocenters. The van der Waals surface area contributed by atoms with Crippen molar-refractivity contribution < 1.29 is 24.3 Å². The van der Waals surface area contributed by atoms with Crippen molar-refractivity contribution in [3.63, 3.8) is 0 Å². The molecule has 0 saturated heterocycles. The molecule has 1 aliphatic heterocycles. The number of amides is 3. The number of hydrogen-bond donors (Lipinski definition) is 2. The number of nitrogens with one attached hydrogen (secondary N) is 1. The lowest BCUT2D eigenvalue weighted by Gasteiger charge is -2.23. The van der Waals surface area contributed by atoms with E-state index in [1.54, 1.807) is 6.92 Å². The van der Waals surface area contributed by atoms with Crippen molar-refractivity contribution in [1.29, 1.82) is 0 Å². The molecule has 2 N–H and O–H groups in total. The minimum atomic E-state index is -1.21. The smallest absolute Gasteiger partial charge is 0.326 e. The first kappa shape index (κ1) is 17.5. The van der Waals surface area contributed by atoms with Gasteiger partial charge in [0.2, 0.25) is 5.91 Å². The highest BCUT2D eigenvalue weighted by molar-refractivity contribution is 6.58. The van der Waals surface area contributed by atoms with Crippen LogP contribution in [0.25, 0.3) is 0 Å². The second kappa shape index (κ2) is 6.91. The first-order valence-corrected chi connectivity index (χ1v) is 6.94. The van der Waals surface area contributed by atoms with Crippen LogP contribution in [-0.2, 0) is 19.2 Å². The van der Waals surface area contributed by atoms with E-state index < -0.39 is 45.8 Å². The normalized spacial score (nSPS) is 18.0. The quantitative estimate of drug-likeness (QED) is 0.698. The van der Waals surface area contributed by atoms with Crippen molar-refractivity contribution in [3.8, 4) is 0 Å². The number of halogens is 2. The van der Waals surface area contributed by atoms with Gasteiger partial charge >= 0.3 is 5.97 Å². The number of nitrogens with zero attached hydrogens (tertiary/aromatic N) is 1. The molecule has 0 spiro atoms.